The predicted octanol–water partition coefficient (Wildman–Crippen LogP) is 2.19. The summed E-state index contributed by atoms with van der Waals surface area (Å²) in [7, 11) is 0. The van der Waals surface area contributed by atoms with Gasteiger partial charge in [0, 0.05) is 36.1 Å². The maximum atomic E-state index is 12.3. The first-order chi connectivity index (χ1) is 9.06. The van der Waals surface area contributed by atoms with E-state index in [1.54, 1.807) is 0 Å². The number of amides is 2. The number of rotatable bonds is 2. The second-order valence-electron chi connectivity index (χ2n) is 4.77. The van der Waals surface area contributed by atoms with E-state index in [0.717, 1.165) is 17.3 Å². The second-order valence-corrected chi connectivity index (χ2v) is 5.69. The van der Waals surface area contributed by atoms with E-state index in [2.05, 4.69) is 21.2 Å². The molecule has 4 nitrogen and oxygen atoms in total. The van der Waals surface area contributed by atoms with E-state index in [1.165, 1.54) is 6.92 Å². The molecule has 102 valence electrons. The smallest absolute Gasteiger partial charge is 0.253 e. The van der Waals surface area contributed by atoms with E-state index in [-0.39, 0.29) is 17.9 Å². The van der Waals surface area contributed by atoms with Gasteiger partial charge >= 0.3 is 0 Å². The van der Waals surface area contributed by atoms with Crippen LogP contribution < -0.4 is 5.32 Å². The van der Waals surface area contributed by atoms with Crippen molar-refractivity contribution in [3.8, 4) is 0 Å². The molecule has 0 bridgehead atoms. The summed E-state index contributed by atoms with van der Waals surface area (Å²) in [6.45, 7) is 2.92. The average molecular weight is 325 g/mol. The first kappa shape index (κ1) is 14.1. The van der Waals surface area contributed by atoms with E-state index >= 15 is 0 Å². The van der Waals surface area contributed by atoms with Gasteiger partial charge in [0.15, 0.2) is 0 Å². The highest BCUT2D eigenvalue weighted by molar-refractivity contribution is 9.10. The Morgan fingerprint density at radius 1 is 1.21 bits per heavy atom. The lowest BCUT2D eigenvalue weighted by molar-refractivity contribution is -0.119. The zero-order valence-corrected chi connectivity index (χ0v) is 12.4. The number of likely N-dealkylation sites (tertiary alicyclic amines) is 1. The van der Waals surface area contributed by atoms with Crippen LogP contribution in [0.25, 0.3) is 0 Å². The van der Waals surface area contributed by atoms with Crippen LogP contribution in [0.2, 0.25) is 0 Å². The number of hydrogen-bond donors (Lipinski definition) is 1. The lowest BCUT2D eigenvalue weighted by Crippen LogP contribution is -2.46. The molecular weight excluding hydrogens is 308 g/mol. The number of nitrogens with one attached hydrogen (secondary N) is 1. The fourth-order valence-electron chi connectivity index (χ4n) is 2.29. The topological polar surface area (TPSA) is 49.4 Å². The lowest BCUT2D eigenvalue weighted by Gasteiger charge is -2.32. The van der Waals surface area contributed by atoms with E-state index in [0.29, 0.717) is 18.7 Å². The summed E-state index contributed by atoms with van der Waals surface area (Å²) < 4.78 is 0.966. The molecule has 0 aliphatic carbocycles. The normalized spacial score (nSPS) is 16.2. The molecule has 2 amide bonds. The fraction of sp³-hybridized carbons (Fsp3) is 0.429. The number of benzene rings is 1. The van der Waals surface area contributed by atoms with Crippen LogP contribution in [0.1, 0.15) is 30.1 Å². The summed E-state index contributed by atoms with van der Waals surface area (Å²) in [6.07, 6.45) is 1.64. The van der Waals surface area contributed by atoms with Gasteiger partial charge < -0.3 is 10.2 Å². The van der Waals surface area contributed by atoms with Gasteiger partial charge in [0.1, 0.15) is 0 Å². The largest absolute Gasteiger partial charge is 0.353 e. The molecule has 0 spiro atoms. The Kier molecular flexibility index (Phi) is 4.58. The Labute approximate surface area is 121 Å². The van der Waals surface area contributed by atoms with Crippen LogP contribution >= 0.6 is 15.9 Å². The van der Waals surface area contributed by atoms with Gasteiger partial charge in [-0.05, 0) is 37.1 Å². The SMILES string of the molecule is CC(=O)NC1CCN(C(=O)c2ccc(Br)cc2)CC1. The van der Waals surface area contributed by atoms with Gasteiger partial charge in [-0.1, -0.05) is 15.9 Å². The molecule has 1 aromatic rings. The predicted molar refractivity (Wildman–Crippen MR) is 76.9 cm³/mol. The molecule has 0 unspecified atom stereocenters. The number of carbonyl (C=O) groups is 2. The molecule has 1 heterocycles. The number of piperidine rings is 1. The molecule has 0 aromatic heterocycles. The van der Waals surface area contributed by atoms with Crippen molar-refractivity contribution >= 4 is 27.7 Å². The van der Waals surface area contributed by atoms with Crippen LogP contribution in [0.3, 0.4) is 0 Å². The van der Waals surface area contributed by atoms with E-state index in [9.17, 15) is 9.59 Å². The first-order valence-corrected chi connectivity index (χ1v) is 7.17. The Bertz CT molecular complexity index is 465. The van der Waals surface area contributed by atoms with Crippen LogP contribution in [0, 0.1) is 0 Å². The lowest BCUT2D eigenvalue weighted by atomic mass is 10.0. The molecule has 0 saturated carbocycles. The van der Waals surface area contributed by atoms with Crippen molar-refractivity contribution in [2.75, 3.05) is 13.1 Å². The molecule has 1 aromatic carbocycles. The highest BCUT2D eigenvalue weighted by Gasteiger charge is 2.23. The molecule has 0 radical (unpaired) electrons. The van der Waals surface area contributed by atoms with Gasteiger partial charge in [-0.15, -0.1) is 0 Å². The standard InChI is InChI=1S/C14H17BrN2O2/c1-10(18)16-13-6-8-17(9-7-13)14(19)11-2-4-12(15)5-3-11/h2-5,13H,6-9H2,1H3,(H,16,18). The number of hydrogen-bond acceptors (Lipinski definition) is 2. The molecule has 1 aliphatic heterocycles. The summed E-state index contributed by atoms with van der Waals surface area (Å²) in [5.74, 6) is 0.0615. The summed E-state index contributed by atoms with van der Waals surface area (Å²) in [5, 5.41) is 2.91. The Hall–Kier alpha value is -1.36. The van der Waals surface area contributed by atoms with Crippen LogP contribution in [0.4, 0.5) is 0 Å². The zero-order chi connectivity index (χ0) is 13.8. The van der Waals surface area contributed by atoms with Crippen LogP contribution in [-0.2, 0) is 4.79 Å². The van der Waals surface area contributed by atoms with E-state index in [4.69, 9.17) is 0 Å². The van der Waals surface area contributed by atoms with Gasteiger partial charge in [-0.25, -0.2) is 0 Å². The van der Waals surface area contributed by atoms with Crippen molar-refractivity contribution in [3.05, 3.63) is 34.3 Å². The van der Waals surface area contributed by atoms with Gasteiger partial charge in [-0.2, -0.15) is 0 Å². The van der Waals surface area contributed by atoms with Gasteiger partial charge in [0.05, 0.1) is 0 Å². The van der Waals surface area contributed by atoms with Crippen LogP contribution in [-0.4, -0.2) is 35.8 Å². The van der Waals surface area contributed by atoms with Crippen LogP contribution in [0.5, 0.6) is 0 Å². The fourth-order valence-corrected chi connectivity index (χ4v) is 2.55. The quantitative estimate of drug-likeness (QED) is 0.906. The number of nitrogens with zero attached hydrogens (tertiary/aromatic N) is 1. The van der Waals surface area contributed by atoms with Crippen LogP contribution in [0.15, 0.2) is 28.7 Å². The third-order valence-electron chi connectivity index (χ3n) is 3.28. The molecule has 2 rings (SSSR count). The van der Waals surface area contributed by atoms with Crippen molar-refractivity contribution < 1.29 is 9.59 Å². The molecule has 1 fully saturated rings. The summed E-state index contributed by atoms with van der Waals surface area (Å²) in [4.78, 5) is 25.1. The van der Waals surface area contributed by atoms with Crippen molar-refractivity contribution in [3.63, 3.8) is 0 Å². The summed E-state index contributed by atoms with van der Waals surface area (Å²) in [5.41, 5.74) is 0.709. The third kappa shape index (κ3) is 3.80. The minimum Gasteiger partial charge on any atom is -0.353 e. The van der Waals surface area contributed by atoms with Crippen molar-refractivity contribution in [2.45, 2.75) is 25.8 Å². The second kappa shape index (κ2) is 6.19. The number of carbonyl (C=O) groups excluding carboxylic acids is 2. The molecule has 1 N–H and O–H groups in total. The minimum absolute atomic E-state index is 0.00214. The average Bonchev–Trinajstić information content (AvgIpc) is 2.39. The van der Waals surface area contributed by atoms with E-state index < -0.39 is 0 Å². The first-order valence-electron chi connectivity index (χ1n) is 6.38. The van der Waals surface area contributed by atoms with Gasteiger partial charge in [-0.3, -0.25) is 9.59 Å². The Morgan fingerprint density at radius 2 is 1.79 bits per heavy atom. The molecule has 1 saturated heterocycles. The maximum absolute atomic E-state index is 12.3. The van der Waals surface area contributed by atoms with Gasteiger partial charge in [0.25, 0.3) is 5.91 Å². The molecule has 0 atom stereocenters. The Balaban J connectivity index is 1.92. The number of halogens is 1. The highest BCUT2D eigenvalue weighted by Crippen LogP contribution is 2.16. The third-order valence-corrected chi connectivity index (χ3v) is 3.81. The summed E-state index contributed by atoms with van der Waals surface area (Å²) in [6, 6.07) is 7.60. The van der Waals surface area contributed by atoms with Crippen molar-refractivity contribution in [1.29, 1.82) is 0 Å². The Morgan fingerprint density at radius 3 is 2.32 bits per heavy atom. The molecular formula is C14H17BrN2O2. The van der Waals surface area contributed by atoms with Gasteiger partial charge in [0.2, 0.25) is 5.91 Å². The summed E-state index contributed by atoms with van der Waals surface area (Å²) >= 11 is 3.36. The van der Waals surface area contributed by atoms with Crippen molar-refractivity contribution in [2.24, 2.45) is 0 Å². The van der Waals surface area contributed by atoms with Crippen molar-refractivity contribution in [1.82, 2.24) is 10.2 Å². The highest BCUT2D eigenvalue weighted by atomic mass is 79.9. The molecule has 19 heavy (non-hydrogen) atoms. The van der Waals surface area contributed by atoms with E-state index in [1.807, 2.05) is 29.2 Å². The molecule has 1 aliphatic rings. The molecule has 5 heteroatoms. The zero-order valence-electron chi connectivity index (χ0n) is 10.9. The maximum Gasteiger partial charge on any atom is 0.253 e. The monoisotopic (exact) mass is 324 g/mol. The minimum atomic E-state index is -0.00214.